The summed E-state index contributed by atoms with van der Waals surface area (Å²) < 4.78 is 0. The van der Waals surface area contributed by atoms with Crippen LogP contribution in [0.5, 0.6) is 0 Å². The fourth-order valence-electron chi connectivity index (χ4n) is 11.9. The smallest absolute Gasteiger partial charge is 0.0971 e. The highest BCUT2D eigenvalue weighted by Crippen LogP contribution is 2.37. The largest absolute Gasteiger partial charge is 0.254 e. The molecule has 0 aliphatic rings. The molecule has 8 nitrogen and oxygen atoms in total. The molecule has 9 aromatic carbocycles. The van der Waals surface area contributed by atoms with E-state index in [1.165, 1.54) is 10.8 Å². The van der Waals surface area contributed by atoms with Crippen LogP contribution >= 0.6 is 0 Å². The van der Waals surface area contributed by atoms with Gasteiger partial charge >= 0.3 is 0 Å². The fraction of sp³-hybridized carbons (Fsp3) is 0. The van der Waals surface area contributed by atoms with Gasteiger partial charge in [0.15, 0.2) is 0 Å². The first kappa shape index (κ1) is 48.4. The topological polar surface area (TPSA) is 103 Å². The van der Waals surface area contributed by atoms with Gasteiger partial charge in [-0.05, 0) is 142 Å². The Bertz CT molecular complexity index is 5470. The highest BCUT2D eigenvalue weighted by molar-refractivity contribution is 6.11. The first-order valence-corrected chi connectivity index (χ1v) is 28.0. The molecule has 17 rings (SSSR count). The number of hydrogen-bond donors (Lipinski definition) is 0. The van der Waals surface area contributed by atoms with Crippen molar-refractivity contribution in [2.75, 3.05) is 0 Å². The van der Waals surface area contributed by atoms with Crippen molar-refractivity contribution in [1.82, 2.24) is 39.9 Å². The summed E-state index contributed by atoms with van der Waals surface area (Å²) in [4.78, 5) is 38.6. The number of pyridine rings is 8. The summed E-state index contributed by atoms with van der Waals surface area (Å²) in [6, 6.07) is 88.7. The van der Waals surface area contributed by atoms with Crippen LogP contribution < -0.4 is 0 Å². The molecule has 0 amide bonds. The molecular weight excluding hydrogens is 1020 g/mol. The molecule has 8 heterocycles. The Morgan fingerprint density at radius 2 is 0.560 bits per heavy atom. The second-order valence-electron chi connectivity index (χ2n) is 21.1. The lowest BCUT2D eigenvalue weighted by Crippen LogP contribution is -1.91. The first-order chi connectivity index (χ1) is 41.6. The molecule has 390 valence electrons. The second-order valence-corrected chi connectivity index (χ2v) is 21.1. The number of nitrogens with zero attached hydrogens (tertiary/aromatic N) is 8. The van der Waals surface area contributed by atoms with Gasteiger partial charge in [-0.3, -0.25) is 19.9 Å². The van der Waals surface area contributed by atoms with E-state index in [4.69, 9.17) is 19.9 Å². The van der Waals surface area contributed by atoms with Gasteiger partial charge in [-0.25, -0.2) is 19.9 Å². The highest BCUT2D eigenvalue weighted by atomic mass is 14.8. The van der Waals surface area contributed by atoms with E-state index in [-0.39, 0.29) is 0 Å². The van der Waals surface area contributed by atoms with Gasteiger partial charge in [0, 0.05) is 90.1 Å². The van der Waals surface area contributed by atoms with E-state index in [2.05, 4.69) is 232 Å². The number of rotatable bonds is 6. The van der Waals surface area contributed by atoms with Crippen molar-refractivity contribution in [3.05, 3.63) is 280 Å². The summed E-state index contributed by atoms with van der Waals surface area (Å²) in [5.41, 5.74) is 20.3. The normalized spacial score (nSPS) is 11.6. The summed E-state index contributed by atoms with van der Waals surface area (Å²) in [6.07, 6.45) is 7.27. The zero-order valence-electron chi connectivity index (χ0n) is 45.1. The predicted molar refractivity (Wildman–Crippen MR) is 345 cm³/mol. The van der Waals surface area contributed by atoms with Crippen LogP contribution in [-0.4, -0.2) is 39.9 Å². The molecule has 0 aliphatic heterocycles. The monoisotopic (exact) mass is 1070 g/mol. The Kier molecular flexibility index (Phi) is 11.7. The van der Waals surface area contributed by atoms with Crippen LogP contribution in [0.3, 0.4) is 0 Å². The predicted octanol–water partition coefficient (Wildman–Crippen LogP) is 18.9. The Hall–Kier alpha value is -11.5. The average Bonchev–Trinajstić information content (AvgIpc) is 1.97. The summed E-state index contributed by atoms with van der Waals surface area (Å²) in [5, 5.41) is 11.1. The maximum atomic E-state index is 5.09. The Morgan fingerprint density at radius 3 is 1.05 bits per heavy atom. The minimum atomic E-state index is 0.896. The number of aromatic nitrogens is 8. The lowest BCUT2D eigenvalue weighted by molar-refractivity contribution is 1.36. The van der Waals surface area contributed by atoms with Gasteiger partial charge in [-0.1, -0.05) is 146 Å². The molecule has 17 aromatic rings. The molecule has 0 N–H and O–H groups in total. The number of benzene rings is 9. The molecule has 0 saturated carbocycles. The third kappa shape index (κ3) is 8.74. The number of hydrogen-bond acceptors (Lipinski definition) is 8. The minimum Gasteiger partial charge on any atom is -0.254 e. The van der Waals surface area contributed by atoms with Crippen LogP contribution in [0.15, 0.2) is 280 Å². The van der Waals surface area contributed by atoms with Crippen molar-refractivity contribution >= 4 is 98.0 Å². The van der Waals surface area contributed by atoms with E-state index >= 15 is 0 Å². The van der Waals surface area contributed by atoms with Crippen molar-refractivity contribution in [2.45, 2.75) is 0 Å². The van der Waals surface area contributed by atoms with Gasteiger partial charge in [0.05, 0.1) is 66.9 Å². The summed E-state index contributed by atoms with van der Waals surface area (Å²) in [5.74, 6) is 0. The van der Waals surface area contributed by atoms with Crippen LogP contribution in [0, 0.1) is 0 Å². The van der Waals surface area contributed by atoms with Crippen LogP contribution in [-0.2, 0) is 0 Å². The molecular formula is C76H46N8. The standard InChI is InChI=1S/C40H24N4.C36H22N4/c1-2-9-31-25(6-1)7-3-10-32(31)37-18-14-28-22-26(12-16-35(28)43-37)27-13-17-36-29(23-27)15-19-38(44-36)34-24-30-8-4-20-41-39(30)40-33(34)11-5-21-42-40;1-2-6-23(7-3-1)31-16-12-26-20-24(10-14-32(26)39-31)25-11-15-33-27(21-25)13-17-34(40-33)30-22-28-8-4-18-37-35(28)36-29(30)9-5-19-38-36/h1-24H;1-22H. The van der Waals surface area contributed by atoms with Crippen LogP contribution in [0.1, 0.15) is 0 Å². The summed E-state index contributed by atoms with van der Waals surface area (Å²) in [7, 11) is 0. The maximum Gasteiger partial charge on any atom is 0.0971 e. The zero-order chi connectivity index (χ0) is 55.5. The lowest BCUT2D eigenvalue weighted by Gasteiger charge is -2.11. The first-order valence-electron chi connectivity index (χ1n) is 28.0. The van der Waals surface area contributed by atoms with Gasteiger partial charge in [0.1, 0.15) is 0 Å². The van der Waals surface area contributed by atoms with E-state index in [1.54, 1.807) is 0 Å². The third-order valence-electron chi connectivity index (χ3n) is 16.0. The summed E-state index contributed by atoms with van der Waals surface area (Å²) >= 11 is 0. The lowest BCUT2D eigenvalue weighted by atomic mass is 9.98. The Labute approximate surface area is 482 Å². The molecule has 0 atom stereocenters. The molecule has 0 bridgehead atoms. The van der Waals surface area contributed by atoms with Crippen molar-refractivity contribution in [3.8, 4) is 67.3 Å². The van der Waals surface area contributed by atoms with Crippen molar-refractivity contribution in [2.24, 2.45) is 0 Å². The zero-order valence-corrected chi connectivity index (χ0v) is 45.1. The molecule has 0 unspecified atom stereocenters. The Morgan fingerprint density at radius 1 is 0.190 bits per heavy atom. The van der Waals surface area contributed by atoms with Crippen LogP contribution in [0.2, 0.25) is 0 Å². The van der Waals surface area contributed by atoms with Gasteiger partial charge in [-0.15, -0.1) is 0 Å². The van der Waals surface area contributed by atoms with Crippen molar-refractivity contribution in [3.63, 3.8) is 0 Å². The quantitative estimate of drug-likeness (QED) is 0.152. The fourth-order valence-corrected chi connectivity index (χ4v) is 11.9. The van der Waals surface area contributed by atoms with Crippen LogP contribution in [0.4, 0.5) is 0 Å². The van der Waals surface area contributed by atoms with E-state index < -0.39 is 0 Å². The van der Waals surface area contributed by atoms with Crippen molar-refractivity contribution in [1.29, 1.82) is 0 Å². The number of fused-ring (bicyclic) bond motifs is 11. The molecule has 84 heavy (non-hydrogen) atoms. The second kappa shape index (κ2) is 20.3. The molecule has 0 aliphatic carbocycles. The van der Waals surface area contributed by atoms with Gasteiger partial charge in [0.25, 0.3) is 0 Å². The molecule has 0 saturated heterocycles. The van der Waals surface area contributed by atoms with E-state index in [1.807, 2.05) is 67.3 Å². The maximum absolute atomic E-state index is 5.09. The van der Waals surface area contributed by atoms with E-state index in [0.29, 0.717) is 0 Å². The highest BCUT2D eigenvalue weighted by Gasteiger charge is 2.16. The molecule has 0 fully saturated rings. The molecule has 0 spiro atoms. The molecule has 8 aromatic heterocycles. The minimum absolute atomic E-state index is 0.896. The van der Waals surface area contributed by atoms with E-state index in [9.17, 15) is 0 Å². The van der Waals surface area contributed by atoms with E-state index in [0.717, 1.165) is 155 Å². The SMILES string of the molecule is c1ccc(-c2ccc3cc(-c4ccc5nc(-c6cc7cccnc7c7ncccc67)ccc5c4)ccc3n2)cc1.c1ccc2c(-c3ccc4cc(-c5ccc6nc(-c7cc8cccnc8c8ncccc78)ccc6c5)ccc4n3)cccc2c1. The third-order valence-corrected chi connectivity index (χ3v) is 16.0. The molecule has 0 radical (unpaired) electrons. The van der Waals surface area contributed by atoms with Crippen molar-refractivity contribution < 1.29 is 0 Å². The van der Waals surface area contributed by atoms with Crippen LogP contribution in [0.25, 0.3) is 165 Å². The Balaban J connectivity index is 0.000000138. The molecule has 8 heteroatoms. The van der Waals surface area contributed by atoms with Gasteiger partial charge < -0.3 is 0 Å². The summed E-state index contributed by atoms with van der Waals surface area (Å²) in [6.45, 7) is 0. The van der Waals surface area contributed by atoms with Gasteiger partial charge in [-0.2, -0.15) is 0 Å². The average molecular weight is 1070 g/mol. The van der Waals surface area contributed by atoms with Gasteiger partial charge in [0.2, 0.25) is 0 Å².